The van der Waals surface area contributed by atoms with Gasteiger partial charge in [0.1, 0.15) is 0 Å². The first-order valence-corrected chi connectivity index (χ1v) is 15.0. The summed E-state index contributed by atoms with van der Waals surface area (Å²) in [5.74, 6) is 3.06. The van der Waals surface area contributed by atoms with Gasteiger partial charge in [0.05, 0.1) is 0 Å². The van der Waals surface area contributed by atoms with Gasteiger partial charge in [0.15, 0.2) is 0 Å². The number of rotatable bonds is 6. The average Bonchev–Trinajstić information content (AvgIpc) is 3.28. The van der Waals surface area contributed by atoms with Crippen LogP contribution in [0.5, 0.6) is 0 Å². The number of anilines is 2. The Bertz CT molecular complexity index is 1380. The second-order valence-electron chi connectivity index (χ2n) is 9.73. The molecule has 6 heterocycles. The van der Waals surface area contributed by atoms with E-state index in [9.17, 15) is 4.79 Å². The van der Waals surface area contributed by atoms with Gasteiger partial charge in [-0.1, -0.05) is 0 Å². The van der Waals surface area contributed by atoms with Crippen molar-refractivity contribution in [3.8, 4) is 0 Å². The Balaban J connectivity index is 1.18. The van der Waals surface area contributed by atoms with Gasteiger partial charge >= 0.3 is 221 Å². The summed E-state index contributed by atoms with van der Waals surface area (Å²) in [6, 6.07) is 4.24. The van der Waals surface area contributed by atoms with Crippen molar-refractivity contribution >= 4 is 47.3 Å². The first kappa shape index (κ1) is 24.0. The Hall–Kier alpha value is -3.40. The summed E-state index contributed by atoms with van der Waals surface area (Å²) in [6.07, 6.45) is 11.4. The molecule has 1 atom stereocenters. The van der Waals surface area contributed by atoms with Crippen molar-refractivity contribution in [1.82, 2.24) is 45.8 Å². The van der Waals surface area contributed by atoms with Crippen LogP contribution in [0.15, 0.2) is 29.3 Å². The van der Waals surface area contributed by atoms with E-state index in [1.54, 1.807) is 6.20 Å². The van der Waals surface area contributed by atoms with Crippen LogP contribution < -0.4 is 24.2 Å². The number of hydrogen-bond donors (Lipinski definition) is 2. The Kier molecular flexibility index (Phi) is 7.07. The molecule has 4 aromatic rings. The van der Waals surface area contributed by atoms with Gasteiger partial charge in [-0.25, -0.2) is 0 Å². The number of nitrogens with one attached hydrogen (secondary N) is 2. The van der Waals surface area contributed by atoms with E-state index < -0.39 is 15.8 Å². The summed E-state index contributed by atoms with van der Waals surface area (Å²) < 4.78 is 1.97. The van der Waals surface area contributed by atoms with E-state index in [0.717, 1.165) is 78.8 Å². The monoisotopic (exact) mass is 563 g/mol. The number of nitrogens with zero attached hydrogens (tertiary/aromatic N) is 9. The zero-order valence-electron chi connectivity index (χ0n) is 20.6. The second kappa shape index (κ2) is 10.9. The summed E-state index contributed by atoms with van der Waals surface area (Å²) in [5, 5.41) is 21.5. The molecule has 0 spiro atoms. The molecule has 2 saturated heterocycles. The van der Waals surface area contributed by atoms with Crippen molar-refractivity contribution in [2.75, 3.05) is 36.0 Å². The molecular weight excluding hydrogens is 533 g/mol. The van der Waals surface area contributed by atoms with Crippen LogP contribution in [0, 0.1) is 5.92 Å². The molecule has 2 aliphatic rings. The van der Waals surface area contributed by atoms with E-state index in [1.165, 1.54) is 12.8 Å². The molecule has 13 heteroatoms. The molecule has 0 bridgehead atoms. The Morgan fingerprint density at radius 1 is 0.973 bits per heavy atom. The third-order valence-corrected chi connectivity index (χ3v) is 9.69. The molecule has 0 amide bonds. The zero-order chi connectivity index (χ0) is 25.0. The number of aromatic nitrogens is 9. The van der Waals surface area contributed by atoms with Gasteiger partial charge in [0.2, 0.25) is 0 Å². The van der Waals surface area contributed by atoms with Crippen LogP contribution in [-0.2, 0) is 6.42 Å². The normalized spacial score (nSPS) is 17.6. The predicted molar refractivity (Wildman–Crippen MR) is 142 cm³/mol. The number of pyridine rings is 1. The van der Waals surface area contributed by atoms with Crippen LogP contribution in [-0.4, -0.2) is 87.7 Å². The first-order valence-electron chi connectivity index (χ1n) is 12.9. The molecule has 0 radical (unpaired) electrons. The molecule has 1 unspecified atom stereocenters. The van der Waals surface area contributed by atoms with Crippen LogP contribution in [0.1, 0.15) is 44.3 Å². The minimum absolute atomic E-state index is 0.230. The van der Waals surface area contributed by atoms with Crippen molar-refractivity contribution < 1.29 is 0 Å². The molecule has 0 saturated carbocycles. The standard InChI is InChI=1S/C24H30AsN11O/c37-23-21-18(15-27-32-23)28-24(36-9-3-1-2-4-10-36)29-22(21)25-17-5-6-20(26-14-17)35-11-7-16(8-12-35)13-19-30-33-34-31-19/h5-6,14-16,25H,1-4,7-13H2,(H,32,37)(H,30,31,33,34). The van der Waals surface area contributed by atoms with E-state index in [2.05, 4.69) is 52.8 Å². The first-order chi connectivity index (χ1) is 18.2. The maximum absolute atomic E-state index is 12.7. The summed E-state index contributed by atoms with van der Waals surface area (Å²) in [5.41, 5.74) is 0.386. The van der Waals surface area contributed by atoms with Crippen molar-refractivity contribution in [1.29, 1.82) is 0 Å². The summed E-state index contributed by atoms with van der Waals surface area (Å²) in [7, 11) is 0. The van der Waals surface area contributed by atoms with Crippen LogP contribution in [0.25, 0.3) is 10.9 Å². The number of aromatic amines is 2. The quantitative estimate of drug-likeness (QED) is 0.304. The third kappa shape index (κ3) is 5.48. The average molecular weight is 564 g/mol. The maximum atomic E-state index is 12.7. The van der Waals surface area contributed by atoms with Crippen molar-refractivity contribution in [2.45, 2.75) is 44.9 Å². The van der Waals surface area contributed by atoms with E-state index in [4.69, 9.17) is 15.0 Å². The van der Waals surface area contributed by atoms with Crippen LogP contribution >= 0.6 is 0 Å². The van der Waals surface area contributed by atoms with Gasteiger partial charge < -0.3 is 0 Å². The number of hydrogen-bond acceptors (Lipinski definition) is 10. The molecule has 37 heavy (non-hydrogen) atoms. The van der Waals surface area contributed by atoms with Gasteiger partial charge in [0.25, 0.3) is 0 Å². The van der Waals surface area contributed by atoms with Crippen LogP contribution in [0.4, 0.5) is 11.8 Å². The molecule has 2 fully saturated rings. The Morgan fingerprint density at radius 3 is 2.54 bits per heavy atom. The zero-order valence-corrected chi connectivity index (χ0v) is 22.7. The molecule has 0 aromatic carbocycles. The second-order valence-corrected chi connectivity index (χ2v) is 12.5. The SMILES string of the molecule is O=c1[nH]ncc2nc(N3CCCCCC3)nc([AsH]c3ccc(N4CCC(Cc5nn[nH]n5)CC4)nc3)c12. The van der Waals surface area contributed by atoms with E-state index in [0.29, 0.717) is 22.8 Å². The fraction of sp³-hybridized carbons (Fsp3) is 0.500. The molecular formula is C24H30AsN11O. The van der Waals surface area contributed by atoms with Crippen LogP contribution in [0.3, 0.4) is 0 Å². The molecule has 192 valence electrons. The Labute approximate surface area is 220 Å². The van der Waals surface area contributed by atoms with E-state index in [-0.39, 0.29) is 5.56 Å². The molecule has 4 aromatic heterocycles. The van der Waals surface area contributed by atoms with Gasteiger partial charge in [-0.15, -0.1) is 0 Å². The fourth-order valence-corrected chi connectivity index (χ4v) is 7.46. The molecule has 2 N–H and O–H groups in total. The van der Waals surface area contributed by atoms with Crippen molar-refractivity contribution in [3.63, 3.8) is 0 Å². The van der Waals surface area contributed by atoms with E-state index >= 15 is 0 Å². The van der Waals surface area contributed by atoms with Gasteiger partial charge in [-0.2, -0.15) is 0 Å². The Morgan fingerprint density at radius 2 is 1.81 bits per heavy atom. The number of fused-ring (bicyclic) bond motifs is 1. The topological polar surface area (TPSA) is 145 Å². The third-order valence-electron chi connectivity index (χ3n) is 7.20. The van der Waals surface area contributed by atoms with Crippen molar-refractivity contribution in [2.24, 2.45) is 5.92 Å². The number of piperidine rings is 1. The van der Waals surface area contributed by atoms with E-state index in [1.807, 2.05) is 6.20 Å². The molecule has 2 aliphatic heterocycles. The number of tetrazole rings is 1. The molecule has 6 rings (SSSR count). The predicted octanol–water partition coefficient (Wildman–Crippen LogP) is -0.152. The minimum atomic E-state index is -0.897. The summed E-state index contributed by atoms with van der Waals surface area (Å²) in [6.45, 7) is 3.82. The summed E-state index contributed by atoms with van der Waals surface area (Å²) in [4.78, 5) is 31.7. The van der Waals surface area contributed by atoms with Crippen LogP contribution in [0.2, 0.25) is 0 Å². The van der Waals surface area contributed by atoms with Gasteiger partial charge in [0, 0.05) is 0 Å². The molecule has 12 nitrogen and oxygen atoms in total. The summed E-state index contributed by atoms with van der Waals surface area (Å²) >= 11 is -0.897. The molecule has 0 aliphatic carbocycles. The number of H-pyrrole nitrogens is 2. The fourth-order valence-electron chi connectivity index (χ4n) is 5.17. The van der Waals surface area contributed by atoms with Gasteiger partial charge in [-0.05, 0) is 0 Å². The van der Waals surface area contributed by atoms with Crippen molar-refractivity contribution in [3.05, 3.63) is 40.7 Å². The van der Waals surface area contributed by atoms with Gasteiger partial charge in [-0.3, -0.25) is 0 Å².